The van der Waals surface area contributed by atoms with E-state index < -0.39 is 10.0 Å². The van der Waals surface area contributed by atoms with Crippen molar-refractivity contribution < 1.29 is 17.6 Å². The van der Waals surface area contributed by atoms with Crippen LogP contribution in [0.25, 0.3) is 0 Å². The Balaban J connectivity index is 1.63. The van der Waals surface area contributed by atoms with Gasteiger partial charge in [-0.3, -0.25) is 4.79 Å². The number of sulfonamides is 1. The van der Waals surface area contributed by atoms with Gasteiger partial charge in [0.25, 0.3) is 5.91 Å². The van der Waals surface area contributed by atoms with Gasteiger partial charge >= 0.3 is 0 Å². The van der Waals surface area contributed by atoms with Crippen molar-refractivity contribution in [1.29, 1.82) is 0 Å². The highest BCUT2D eigenvalue weighted by atomic mass is 35.5. The highest BCUT2D eigenvalue weighted by Gasteiger charge is 2.23. The molecule has 0 aromatic heterocycles. The van der Waals surface area contributed by atoms with Gasteiger partial charge in [-0.2, -0.15) is 11.8 Å². The molecule has 0 unspecified atom stereocenters. The molecular formula is C23H28ClFN2O3S3. The van der Waals surface area contributed by atoms with Crippen molar-refractivity contribution in [3.05, 3.63) is 58.4 Å². The number of carbonyl (C=O) groups is 1. The zero-order valence-electron chi connectivity index (χ0n) is 18.5. The average molecular weight is 531 g/mol. The van der Waals surface area contributed by atoms with E-state index in [9.17, 15) is 17.6 Å². The summed E-state index contributed by atoms with van der Waals surface area (Å²) in [6.45, 7) is 1.58. The van der Waals surface area contributed by atoms with E-state index >= 15 is 0 Å². The minimum absolute atomic E-state index is 0.0700. The Hall–Kier alpha value is -1.26. The Morgan fingerprint density at radius 1 is 1.15 bits per heavy atom. The molecule has 0 radical (unpaired) electrons. The summed E-state index contributed by atoms with van der Waals surface area (Å²) in [5, 5.41) is 0.360. The predicted octanol–water partition coefficient (Wildman–Crippen LogP) is 5.43. The summed E-state index contributed by atoms with van der Waals surface area (Å²) < 4.78 is 42.1. The standard InChI is InChI=1S/C23H28ClFN2O3S3/c1-31-22-10-9-17(15-18(22)23(28)27-12-4-2-3-5-13-27)33(29,30)26-11-14-32-16-19-20(24)7-6-8-21(19)25/h6-10,15,26H,2-5,11-14,16H2,1H3. The summed E-state index contributed by atoms with van der Waals surface area (Å²) in [6, 6.07) is 9.24. The van der Waals surface area contributed by atoms with Gasteiger partial charge < -0.3 is 4.90 Å². The number of likely N-dealkylation sites (tertiary alicyclic amines) is 1. The van der Waals surface area contributed by atoms with Crippen LogP contribution in [0.1, 0.15) is 41.6 Å². The SMILES string of the molecule is CSc1ccc(S(=O)(=O)NCCSCc2c(F)cccc2Cl)cc1C(=O)N1CCCCCC1. The van der Waals surface area contributed by atoms with Gasteiger partial charge in [0.15, 0.2) is 0 Å². The van der Waals surface area contributed by atoms with Crippen LogP contribution in [0.2, 0.25) is 5.02 Å². The maximum absolute atomic E-state index is 13.9. The summed E-state index contributed by atoms with van der Waals surface area (Å²) in [7, 11) is -3.78. The summed E-state index contributed by atoms with van der Waals surface area (Å²) >= 11 is 8.85. The Morgan fingerprint density at radius 3 is 2.55 bits per heavy atom. The molecule has 1 saturated heterocycles. The topological polar surface area (TPSA) is 66.5 Å². The molecule has 0 aliphatic carbocycles. The Bertz CT molecular complexity index is 1050. The average Bonchev–Trinajstić information content (AvgIpc) is 3.09. The molecule has 0 saturated carbocycles. The maximum atomic E-state index is 13.9. The largest absolute Gasteiger partial charge is 0.339 e. The molecule has 0 spiro atoms. The van der Waals surface area contributed by atoms with Crippen LogP contribution in [0, 0.1) is 5.82 Å². The molecule has 2 aromatic carbocycles. The lowest BCUT2D eigenvalue weighted by atomic mass is 10.2. The lowest BCUT2D eigenvalue weighted by Crippen LogP contribution is -2.32. The van der Waals surface area contributed by atoms with Crippen molar-refractivity contribution in [2.45, 2.75) is 41.2 Å². The molecule has 2 aromatic rings. The first-order valence-corrected chi connectivity index (χ1v) is 15.0. The van der Waals surface area contributed by atoms with Crippen molar-refractivity contribution in [2.75, 3.05) is 31.6 Å². The van der Waals surface area contributed by atoms with Crippen LogP contribution >= 0.6 is 35.1 Å². The summed E-state index contributed by atoms with van der Waals surface area (Å²) in [6.07, 6.45) is 6.03. The second-order valence-electron chi connectivity index (χ2n) is 7.72. The van der Waals surface area contributed by atoms with Gasteiger partial charge in [0, 0.05) is 46.6 Å². The molecule has 1 N–H and O–H groups in total. The Labute approximate surface area is 208 Å². The smallest absolute Gasteiger partial charge is 0.255 e. The predicted molar refractivity (Wildman–Crippen MR) is 135 cm³/mol. The van der Waals surface area contributed by atoms with Gasteiger partial charge in [-0.25, -0.2) is 17.5 Å². The fourth-order valence-corrected chi connectivity index (χ4v) is 6.60. The van der Waals surface area contributed by atoms with Crippen molar-refractivity contribution in [2.24, 2.45) is 0 Å². The van der Waals surface area contributed by atoms with Crippen molar-refractivity contribution in [3.8, 4) is 0 Å². The molecule has 180 valence electrons. The Morgan fingerprint density at radius 2 is 1.88 bits per heavy atom. The first-order valence-electron chi connectivity index (χ1n) is 10.8. The molecule has 0 atom stereocenters. The van der Waals surface area contributed by atoms with E-state index in [1.165, 1.54) is 41.7 Å². The fourth-order valence-electron chi connectivity index (χ4n) is 3.64. The summed E-state index contributed by atoms with van der Waals surface area (Å²) in [5.41, 5.74) is 0.840. The van der Waals surface area contributed by atoms with Gasteiger partial charge in [0.05, 0.1) is 10.5 Å². The van der Waals surface area contributed by atoms with E-state index in [1.54, 1.807) is 18.2 Å². The molecule has 0 bridgehead atoms. The van der Waals surface area contributed by atoms with Crippen molar-refractivity contribution >= 4 is 51.1 Å². The van der Waals surface area contributed by atoms with Crippen LogP contribution in [0.5, 0.6) is 0 Å². The number of nitrogens with zero attached hydrogens (tertiary/aromatic N) is 1. The molecule has 10 heteroatoms. The van der Waals surface area contributed by atoms with Crippen LogP contribution < -0.4 is 4.72 Å². The second-order valence-corrected chi connectivity index (χ2v) is 11.8. The van der Waals surface area contributed by atoms with E-state index in [-0.39, 0.29) is 23.2 Å². The number of thioether (sulfide) groups is 2. The monoisotopic (exact) mass is 530 g/mol. The number of amides is 1. The van der Waals surface area contributed by atoms with Crippen LogP contribution in [0.15, 0.2) is 46.2 Å². The van der Waals surface area contributed by atoms with Crippen LogP contribution in [0.3, 0.4) is 0 Å². The van der Waals surface area contributed by atoms with E-state index in [0.717, 1.165) is 30.6 Å². The van der Waals surface area contributed by atoms with Crippen molar-refractivity contribution in [3.63, 3.8) is 0 Å². The van der Waals surface area contributed by atoms with E-state index in [0.29, 0.717) is 40.7 Å². The zero-order valence-corrected chi connectivity index (χ0v) is 21.7. The van der Waals surface area contributed by atoms with E-state index in [1.807, 2.05) is 11.2 Å². The normalized spacial score (nSPS) is 14.8. The first kappa shape index (κ1) is 26.3. The Kier molecular flexibility index (Phi) is 9.94. The van der Waals surface area contributed by atoms with Gasteiger partial charge in [-0.15, -0.1) is 11.8 Å². The van der Waals surface area contributed by atoms with Gasteiger partial charge in [-0.05, 0) is 49.4 Å². The highest BCUT2D eigenvalue weighted by Crippen LogP contribution is 2.27. The number of hydrogen-bond acceptors (Lipinski definition) is 5. The first-order chi connectivity index (χ1) is 15.8. The third-order valence-corrected chi connectivity index (χ3v) is 9.05. The molecule has 3 rings (SSSR count). The molecule has 1 aliphatic heterocycles. The molecule has 1 heterocycles. The minimum Gasteiger partial charge on any atom is -0.339 e. The molecule has 1 aliphatic rings. The molecule has 33 heavy (non-hydrogen) atoms. The van der Waals surface area contributed by atoms with E-state index in [2.05, 4.69) is 4.72 Å². The fraction of sp³-hybridized carbons (Fsp3) is 0.435. The number of rotatable bonds is 9. The van der Waals surface area contributed by atoms with Gasteiger partial charge in [0.2, 0.25) is 10.0 Å². The third kappa shape index (κ3) is 7.11. The van der Waals surface area contributed by atoms with Crippen LogP contribution in [-0.2, 0) is 15.8 Å². The summed E-state index contributed by atoms with van der Waals surface area (Å²) in [4.78, 5) is 15.8. The molecule has 1 amide bonds. The van der Waals surface area contributed by atoms with Crippen LogP contribution in [-0.4, -0.2) is 50.9 Å². The molecular weight excluding hydrogens is 503 g/mol. The molecule has 1 fully saturated rings. The van der Waals surface area contributed by atoms with E-state index in [4.69, 9.17) is 11.6 Å². The number of nitrogens with one attached hydrogen (secondary N) is 1. The maximum Gasteiger partial charge on any atom is 0.255 e. The number of halogens is 2. The van der Waals surface area contributed by atoms with Crippen LogP contribution in [0.4, 0.5) is 4.39 Å². The quantitative estimate of drug-likeness (QED) is 0.346. The highest BCUT2D eigenvalue weighted by molar-refractivity contribution is 7.98. The number of carbonyl (C=O) groups excluding carboxylic acids is 1. The second kappa shape index (κ2) is 12.4. The lowest BCUT2D eigenvalue weighted by Gasteiger charge is -2.22. The lowest BCUT2D eigenvalue weighted by molar-refractivity contribution is 0.0758. The minimum atomic E-state index is -3.78. The molecule has 5 nitrogen and oxygen atoms in total. The van der Waals surface area contributed by atoms with Gasteiger partial charge in [0.1, 0.15) is 5.82 Å². The number of benzene rings is 2. The number of hydrogen-bond donors (Lipinski definition) is 1. The van der Waals surface area contributed by atoms with Crippen molar-refractivity contribution in [1.82, 2.24) is 9.62 Å². The zero-order chi connectivity index (χ0) is 23.8. The van der Waals surface area contributed by atoms with Gasteiger partial charge in [-0.1, -0.05) is 30.5 Å². The summed E-state index contributed by atoms with van der Waals surface area (Å²) in [5.74, 6) is 0.318. The third-order valence-electron chi connectivity index (χ3n) is 5.45.